The summed E-state index contributed by atoms with van der Waals surface area (Å²) in [5.41, 5.74) is 0. The summed E-state index contributed by atoms with van der Waals surface area (Å²) in [5.74, 6) is 0. The van der Waals surface area contributed by atoms with Crippen molar-refractivity contribution in [3.8, 4) is 0 Å². The second kappa shape index (κ2) is 4.79. The Bertz CT molecular complexity index is 241. The molecule has 1 unspecified atom stereocenters. The average molecular weight is 251 g/mol. The molecule has 0 saturated carbocycles. The number of anilines is 1. The highest BCUT2D eigenvalue weighted by Gasteiger charge is 2.03. The largest absolute Gasteiger partial charge is 0.383 e. The zero-order valence-corrected chi connectivity index (χ0v) is 9.41. The first-order valence-corrected chi connectivity index (χ1v) is 5.26. The second-order valence-corrected chi connectivity index (χ2v) is 4.15. The monoisotopic (exact) mass is 250 g/mol. The fourth-order valence-electron chi connectivity index (χ4n) is 0.823. The van der Waals surface area contributed by atoms with E-state index in [9.17, 15) is 0 Å². The molecule has 12 heavy (non-hydrogen) atoms. The van der Waals surface area contributed by atoms with E-state index < -0.39 is 0 Å². The van der Waals surface area contributed by atoms with Gasteiger partial charge in [0.05, 0.1) is 6.61 Å². The van der Waals surface area contributed by atoms with E-state index in [1.165, 1.54) is 0 Å². The maximum Gasteiger partial charge on any atom is 0.184 e. The van der Waals surface area contributed by atoms with Gasteiger partial charge in [-0.1, -0.05) is 0 Å². The van der Waals surface area contributed by atoms with Gasteiger partial charge < -0.3 is 10.1 Å². The minimum absolute atomic E-state index is 0.299. The zero-order chi connectivity index (χ0) is 8.97. The summed E-state index contributed by atoms with van der Waals surface area (Å²) >= 11 is 4.87. The van der Waals surface area contributed by atoms with Crippen LogP contribution in [0.25, 0.3) is 0 Å². The highest BCUT2D eigenvalue weighted by molar-refractivity contribution is 9.10. The van der Waals surface area contributed by atoms with E-state index in [0.29, 0.717) is 12.6 Å². The molecule has 0 aliphatic heterocycles. The third-order valence-electron chi connectivity index (χ3n) is 1.26. The maximum atomic E-state index is 4.99. The van der Waals surface area contributed by atoms with Crippen molar-refractivity contribution < 1.29 is 4.74 Å². The van der Waals surface area contributed by atoms with Crippen molar-refractivity contribution in [2.24, 2.45) is 0 Å². The topological polar surface area (TPSA) is 34.1 Å². The first kappa shape index (κ1) is 9.95. The van der Waals surface area contributed by atoms with Gasteiger partial charge in [0.15, 0.2) is 5.13 Å². The Morgan fingerprint density at radius 1 is 1.83 bits per heavy atom. The van der Waals surface area contributed by atoms with E-state index in [2.05, 4.69) is 33.2 Å². The normalized spacial score (nSPS) is 12.9. The van der Waals surface area contributed by atoms with Crippen LogP contribution >= 0.6 is 27.3 Å². The Kier molecular flexibility index (Phi) is 3.97. The van der Waals surface area contributed by atoms with Crippen molar-refractivity contribution in [1.29, 1.82) is 0 Å². The highest BCUT2D eigenvalue weighted by Crippen LogP contribution is 2.19. The molecule has 1 N–H and O–H groups in total. The van der Waals surface area contributed by atoms with Gasteiger partial charge in [0.25, 0.3) is 0 Å². The van der Waals surface area contributed by atoms with Crippen LogP contribution in [0.3, 0.4) is 0 Å². The molecule has 1 aromatic rings. The lowest BCUT2D eigenvalue weighted by Gasteiger charge is -2.10. The predicted octanol–water partition coefficient (Wildman–Crippen LogP) is 2.35. The molecule has 0 aliphatic rings. The summed E-state index contributed by atoms with van der Waals surface area (Å²) in [7, 11) is 1.69. The van der Waals surface area contributed by atoms with Crippen LogP contribution in [0.15, 0.2) is 9.98 Å². The molecule has 5 heteroatoms. The van der Waals surface area contributed by atoms with Gasteiger partial charge in [-0.25, -0.2) is 4.98 Å². The van der Waals surface area contributed by atoms with Gasteiger partial charge in [-0.3, -0.25) is 0 Å². The van der Waals surface area contributed by atoms with E-state index in [1.54, 1.807) is 18.4 Å². The number of rotatable bonds is 4. The second-order valence-electron chi connectivity index (χ2n) is 2.48. The van der Waals surface area contributed by atoms with Crippen molar-refractivity contribution >= 4 is 32.4 Å². The third-order valence-corrected chi connectivity index (χ3v) is 2.75. The number of hydrogen-bond donors (Lipinski definition) is 1. The first-order chi connectivity index (χ1) is 5.72. The number of aromatic nitrogens is 1. The van der Waals surface area contributed by atoms with Crippen LogP contribution in [0.2, 0.25) is 0 Å². The molecule has 0 spiro atoms. The predicted molar refractivity (Wildman–Crippen MR) is 54.8 cm³/mol. The number of halogens is 1. The van der Waals surface area contributed by atoms with E-state index in [1.807, 2.05) is 5.38 Å². The zero-order valence-electron chi connectivity index (χ0n) is 7.00. The van der Waals surface area contributed by atoms with Crippen molar-refractivity contribution in [2.75, 3.05) is 19.0 Å². The van der Waals surface area contributed by atoms with Gasteiger partial charge >= 0.3 is 0 Å². The van der Waals surface area contributed by atoms with E-state index in [0.717, 1.165) is 9.73 Å². The molecule has 0 bridgehead atoms. The van der Waals surface area contributed by atoms with Crippen molar-refractivity contribution in [2.45, 2.75) is 13.0 Å². The van der Waals surface area contributed by atoms with E-state index in [-0.39, 0.29) is 0 Å². The summed E-state index contributed by atoms with van der Waals surface area (Å²) in [6.07, 6.45) is 0. The number of ether oxygens (including phenoxy) is 1. The van der Waals surface area contributed by atoms with Gasteiger partial charge in [0, 0.05) is 18.5 Å². The molecule has 1 heterocycles. The van der Waals surface area contributed by atoms with Crippen LogP contribution in [-0.4, -0.2) is 24.7 Å². The number of nitrogens with zero attached hydrogens (tertiary/aromatic N) is 1. The molecule has 1 aromatic heterocycles. The van der Waals surface area contributed by atoms with Crippen molar-refractivity contribution in [3.63, 3.8) is 0 Å². The average Bonchev–Trinajstić information content (AvgIpc) is 2.36. The minimum atomic E-state index is 0.299. The molecular formula is C7H11BrN2OS. The molecule has 0 radical (unpaired) electrons. The van der Waals surface area contributed by atoms with E-state index >= 15 is 0 Å². The van der Waals surface area contributed by atoms with Crippen LogP contribution in [0.1, 0.15) is 6.92 Å². The third kappa shape index (κ3) is 3.08. The fourth-order valence-corrected chi connectivity index (χ4v) is 2.08. The summed E-state index contributed by atoms with van der Waals surface area (Å²) in [4.78, 5) is 4.20. The number of methoxy groups -OCH3 is 1. The fraction of sp³-hybridized carbons (Fsp3) is 0.571. The Hall–Kier alpha value is -0.130. The first-order valence-electron chi connectivity index (χ1n) is 3.59. The number of thiazole rings is 1. The Morgan fingerprint density at radius 3 is 3.08 bits per heavy atom. The molecule has 0 amide bonds. The Morgan fingerprint density at radius 2 is 2.58 bits per heavy atom. The van der Waals surface area contributed by atoms with Crippen molar-refractivity contribution in [1.82, 2.24) is 4.98 Å². The molecule has 1 atom stereocenters. The minimum Gasteiger partial charge on any atom is -0.383 e. The molecule has 1 rings (SSSR count). The summed E-state index contributed by atoms with van der Waals surface area (Å²) in [5, 5.41) is 6.08. The lowest BCUT2D eigenvalue weighted by Crippen LogP contribution is -2.20. The SMILES string of the molecule is COCC(C)Nc1nc(Br)cs1. The number of nitrogens with one attached hydrogen (secondary N) is 1. The lowest BCUT2D eigenvalue weighted by molar-refractivity contribution is 0.190. The Labute approximate surface area is 84.3 Å². The molecule has 0 fully saturated rings. The molecule has 0 aliphatic carbocycles. The molecule has 68 valence electrons. The maximum absolute atomic E-state index is 4.99. The number of hydrogen-bond acceptors (Lipinski definition) is 4. The molecule has 0 aromatic carbocycles. The van der Waals surface area contributed by atoms with Gasteiger partial charge in [-0.2, -0.15) is 0 Å². The summed E-state index contributed by atoms with van der Waals surface area (Å²) in [6.45, 7) is 2.75. The van der Waals surface area contributed by atoms with E-state index in [4.69, 9.17) is 4.74 Å². The Balaban J connectivity index is 2.41. The van der Waals surface area contributed by atoms with Crippen LogP contribution in [-0.2, 0) is 4.74 Å². The molecular weight excluding hydrogens is 240 g/mol. The van der Waals surface area contributed by atoms with Crippen molar-refractivity contribution in [3.05, 3.63) is 9.98 Å². The molecule has 3 nitrogen and oxygen atoms in total. The van der Waals surface area contributed by atoms with Crippen LogP contribution in [0.4, 0.5) is 5.13 Å². The smallest absolute Gasteiger partial charge is 0.184 e. The van der Waals surface area contributed by atoms with Gasteiger partial charge in [-0.05, 0) is 22.9 Å². The summed E-state index contributed by atoms with van der Waals surface area (Å²) < 4.78 is 5.86. The van der Waals surface area contributed by atoms with Crippen LogP contribution in [0, 0.1) is 0 Å². The quantitative estimate of drug-likeness (QED) is 0.891. The standard InChI is InChI=1S/C7H11BrN2OS/c1-5(3-11-2)9-7-10-6(8)4-12-7/h4-5H,3H2,1-2H3,(H,9,10). The van der Waals surface area contributed by atoms with Crippen LogP contribution < -0.4 is 5.32 Å². The van der Waals surface area contributed by atoms with Gasteiger partial charge in [-0.15, -0.1) is 11.3 Å². The highest BCUT2D eigenvalue weighted by atomic mass is 79.9. The summed E-state index contributed by atoms with van der Waals surface area (Å²) in [6, 6.07) is 0.299. The van der Waals surface area contributed by atoms with Gasteiger partial charge in [0.2, 0.25) is 0 Å². The molecule has 0 saturated heterocycles. The van der Waals surface area contributed by atoms with Gasteiger partial charge in [0.1, 0.15) is 4.60 Å². The van der Waals surface area contributed by atoms with Crippen LogP contribution in [0.5, 0.6) is 0 Å². The lowest BCUT2D eigenvalue weighted by atomic mass is 10.4.